The summed E-state index contributed by atoms with van der Waals surface area (Å²) >= 11 is 0. The Bertz CT molecular complexity index is 480. The smallest absolute Gasteiger partial charge is 0.306 e. The Labute approximate surface area is 144 Å². The minimum atomic E-state index is -0.851. The molecule has 4 heteroatoms. The molecule has 1 saturated heterocycles. The van der Waals surface area contributed by atoms with Crippen molar-refractivity contribution in [1.82, 2.24) is 0 Å². The van der Waals surface area contributed by atoms with E-state index in [0.717, 1.165) is 32.1 Å². The average molecular weight is 334 g/mol. The predicted octanol–water partition coefficient (Wildman–Crippen LogP) is 3.30. The summed E-state index contributed by atoms with van der Waals surface area (Å²) in [5, 5.41) is 20.0. The summed E-state index contributed by atoms with van der Waals surface area (Å²) < 4.78 is 5.39. The molecule has 0 spiro atoms. The van der Waals surface area contributed by atoms with E-state index in [0.29, 0.717) is 24.7 Å². The van der Waals surface area contributed by atoms with Gasteiger partial charge in [0.25, 0.3) is 0 Å². The number of aliphatic hydroxyl groups excluding tert-OH is 2. The first kappa shape index (κ1) is 18.9. The molecule has 1 saturated carbocycles. The number of ether oxygens (including phenoxy) is 1. The molecule has 2 rings (SSSR count). The molecule has 4 nitrogen and oxygen atoms in total. The van der Waals surface area contributed by atoms with Crippen molar-refractivity contribution in [2.45, 2.75) is 70.2 Å². The summed E-state index contributed by atoms with van der Waals surface area (Å²) in [5.41, 5.74) is 0. The molecule has 5 atom stereocenters. The first-order valence-electron chi connectivity index (χ1n) is 9.15. The maximum atomic E-state index is 11.3. The Hall–Kier alpha value is -1.39. The molecule has 0 radical (unpaired) electrons. The highest BCUT2D eigenvalue weighted by atomic mass is 16.5. The summed E-state index contributed by atoms with van der Waals surface area (Å²) in [4.78, 5) is 11.3. The van der Waals surface area contributed by atoms with Gasteiger partial charge in [-0.1, -0.05) is 43.4 Å². The normalized spacial score (nSPS) is 30.1. The quantitative estimate of drug-likeness (QED) is 0.501. The fourth-order valence-electron chi connectivity index (χ4n) is 3.12. The average Bonchev–Trinajstić information content (AvgIpc) is 3.35. The third kappa shape index (κ3) is 6.25. The summed E-state index contributed by atoms with van der Waals surface area (Å²) in [5.74, 6) is 0.662. The van der Waals surface area contributed by atoms with Crippen LogP contribution in [0.5, 0.6) is 0 Å². The lowest BCUT2D eigenvalue weighted by atomic mass is 10.0. The Morgan fingerprint density at radius 3 is 2.79 bits per heavy atom. The largest absolute Gasteiger partial charge is 0.462 e. The van der Waals surface area contributed by atoms with Crippen LogP contribution in [-0.4, -0.2) is 34.5 Å². The van der Waals surface area contributed by atoms with Crippen LogP contribution in [0.2, 0.25) is 0 Å². The van der Waals surface area contributed by atoms with E-state index in [1.807, 2.05) is 18.2 Å². The number of esters is 1. The van der Waals surface area contributed by atoms with Gasteiger partial charge in [0.05, 0.1) is 12.2 Å². The standard InChI is InChI=1S/C20H30O4/c1-2-3-4-5-6-7-9-17(21)18(22)13-12-15-14-16(15)19-10-8-11-20(23)24-19/h3-4,6-7,12-13,15-19,21-22H,2,5,8-11,14H2,1H3. The van der Waals surface area contributed by atoms with Crippen LogP contribution in [0.25, 0.3) is 0 Å². The van der Waals surface area contributed by atoms with E-state index >= 15 is 0 Å². The van der Waals surface area contributed by atoms with Crippen LogP contribution in [0, 0.1) is 11.8 Å². The lowest BCUT2D eigenvalue weighted by Gasteiger charge is -2.22. The van der Waals surface area contributed by atoms with Crippen LogP contribution >= 0.6 is 0 Å². The zero-order chi connectivity index (χ0) is 17.4. The second kappa shape index (κ2) is 9.80. The van der Waals surface area contributed by atoms with E-state index in [9.17, 15) is 15.0 Å². The van der Waals surface area contributed by atoms with Gasteiger partial charge in [-0.15, -0.1) is 0 Å². The maximum Gasteiger partial charge on any atom is 0.306 e. The second-order valence-corrected chi connectivity index (χ2v) is 6.75. The Balaban J connectivity index is 1.66. The summed E-state index contributed by atoms with van der Waals surface area (Å²) in [6.07, 6.45) is 15.9. The number of allylic oxidation sites excluding steroid dienone is 4. The van der Waals surface area contributed by atoms with Gasteiger partial charge in [0, 0.05) is 12.3 Å². The number of aliphatic hydroxyl groups is 2. The van der Waals surface area contributed by atoms with Crippen molar-refractivity contribution >= 4 is 5.97 Å². The molecule has 0 bridgehead atoms. The van der Waals surface area contributed by atoms with Crippen molar-refractivity contribution in [2.24, 2.45) is 11.8 Å². The predicted molar refractivity (Wildman–Crippen MR) is 94.3 cm³/mol. The van der Waals surface area contributed by atoms with Crippen molar-refractivity contribution in [2.75, 3.05) is 0 Å². The highest BCUT2D eigenvalue weighted by Crippen LogP contribution is 2.46. The number of carbonyl (C=O) groups is 1. The molecule has 1 heterocycles. The SMILES string of the molecule is CCC=CCC=CCC(O)C(O)C=CC1CC1C1CCCC(=O)O1. The first-order chi connectivity index (χ1) is 11.6. The van der Waals surface area contributed by atoms with E-state index in [2.05, 4.69) is 19.1 Å². The number of rotatable bonds is 9. The summed E-state index contributed by atoms with van der Waals surface area (Å²) in [6.45, 7) is 2.09. The molecular weight excluding hydrogens is 304 g/mol. The van der Waals surface area contributed by atoms with Gasteiger partial charge in [-0.3, -0.25) is 4.79 Å². The second-order valence-electron chi connectivity index (χ2n) is 6.75. The Kier molecular flexibility index (Phi) is 7.73. The molecule has 0 aromatic rings. The summed E-state index contributed by atoms with van der Waals surface area (Å²) in [6, 6.07) is 0. The summed E-state index contributed by atoms with van der Waals surface area (Å²) in [7, 11) is 0. The van der Waals surface area contributed by atoms with Gasteiger partial charge in [-0.05, 0) is 44.4 Å². The third-order valence-corrected chi connectivity index (χ3v) is 4.69. The molecule has 2 N–H and O–H groups in total. The first-order valence-corrected chi connectivity index (χ1v) is 9.15. The molecule has 5 unspecified atom stereocenters. The van der Waals surface area contributed by atoms with Crippen molar-refractivity contribution in [1.29, 1.82) is 0 Å². The fourth-order valence-corrected chi connectivity index (χ4v) is 3.12. The Morgan fingerprint density at radius 1 is 1.25 bits per heavy atom. The van der Waals surface area contributed by atoms with Gasteiger partial charge in [0.15, 0.2) is 0 Å². The van der Waals surface area contributed by atoms with Crippen LogP contribution in [0.1, 0.15) is 51.9 Å². The Morgan fingerprint density at radius 2 is 2.04 bits per heavy atom. The van der Waals surface area contributed by atoms with Crippen LogP contribution in [0.4, 0.5) is 0 Å². The van der Waals surface area contributed by atoms with Crippen LogP contribution < -0.4 is 0 Å². The monoisotopic (exact) mass is 334 g/mol. The van der Waals surface area contributed by atoms with Gasteiger partial charge in [0.1, 0.15) is 6.10 Å². The number of hydrogen-bond acceptors (Lipinski definition) is 4. The fraction of sp³-hybridized carbons (Fsp3) is 0.650. The number of hydrogen-bond donors (Lipinski definition) is 2. The molecule has 134 valence electrons. The molecule has 0 aromatic heterocycles. The van der Waals surface area contributed by atoms with E-state index in [-0.39, 0.29) is 12.1 Å². The number of carbonyl (C=O) groups excluding carboxylic acids is 1. The lowest BCUT2D eigenvalue weighted by molar-refractivity contribution is -0.155. The van der Waals surface area contributed by atoms with Crippen LogP contribution in [0.3, 0.4) is 0 Å². The molecule has 24 heavy (non-hydrogen) atoms. The van der Waals surface area contributed by atoms with Gasteiger partial charge in [-0.25, -0.2) is 0 Å². The minimum absolute atomic E-state index is 0.0436. The van der Waals surface area contributed by atoms with E-state index in [1.54, 1.807) is 6.08 Å². The van der Waals surface area contributed by atoms with E-state index < -0.39 is 12.2 Å². The van der Waals surface area contributed by atoms with Crippen molar-refractivity contribution < 1.29 is 19.7 Å². The van der Waals surface area contributed by atoms with Crippen LogP contribution in [-0.2, 0) is 9.53 Å². The van der Waals surface area contributed by atoms with Gasteiger partial charge in [0.2, 0.25) is 0 Å². The minimum Gasteiger partial charge on any atom is -0.462 e. The molecule has 2 fully saturated rings. The van der Waals surface area contributed by atoms with E-state index in [4.69, 9.17) is 4.74 Å². The zero-order valence-electron chi connectivity index (χ0n) is 14.5. The molecular formula is C20H30O4. The lowest BCUT2D eigenvalue weighted by Crippen LogP contribution is -2.25. The maximum absolute atomic E-state index is 11.3. The van der Waals surface area contributed by atoms with Gasteiger partial charge in [-0.2, -0.15) is 0 Å². The molecule has 1 aliphatic carbocycles. The highest BCUT2D eigenvalue weighted by Gasteiger charge is 2.44. The third-order valence-electron chi connectivity index (χ3n) is 4.69. The van der Waals surface area contributed by atoms with Gasteiger partial charge >= 0.3 is 5.97 Å². The van der Waals surface area contributed by atoms with E-state index in [1.165, 1.54) is 0 Å². The topological polar surface area (TPSA) is 66.8 Å². The zero-order valence-corrected chi connectivity index (χ0v) is 14.5. The highest BCUT2D eigenvalue weighted by molar-refractivity contribution is 5.70. The number of cyclic esters (lactones) is 1. The van der Waals surface area contributed by atoms with Crippen molar-refractivity contribution in [3.8, 4) is 0 Å². The van der Waals surface area contributed by atoms with Crippen LogP contribution in [0.15, 0.2) is 36.5 Å². The molecule has 0 aromatic carbocycles. The molecule has 1 aliphatic heterocycles. The van der Waals surface area contributed by atoms with Crippen molar-refractivity contribution in [3.05, 3.63) is 36.5 Å². The molecule has 0 amide bonds. The van der Waals surface area contributed by atoms with Crippen molar-refractivity contribution in [3.63, 3.8) is 0 Å². The molecule has 2 aliphatic rings. The van der Waals surface area contributed by atoms with Gasteiger partial charge < -0.3 is 14.9 Å².